The number of hydrogen-bond donors (Lipinski definition) is 0. The van der Waals surface area contributed by atoms with Crippen molar-refractivity contribution in [1.29, 1.82) is 0 Å². The minimum Gasteiger partial charge on any atom is -0.291 e. The summed E-state index contributed by atoms with van der Waals surface area (Å²) < 4.78 is 36.4. The number of nitrogens with zero attached hydrogens (tertiary/aromatic N) is 2. The number of aliphatic imine (C=N–C) groups is 1. The van der Waals surface area contributed by atoms with Crippen LogP contribution in [0.2, 0.25) is 0 Å². The molecule has 76 valence electrons. The summed E-state index contributed by atoms with van der Waals surface area (Å²) in [4.78, 5) is 7.49. The quantitative estimate of drug-likeness (QED) is 0.642. The van der Waals surface area contributed by atoms with Crippen LogP contribution >= 0.6 is 0 Å². The molecule has 0 aliphatic carbocycles. The van der Waals surface area contributed by atoms with Gasteiger partial charge in [-0.3, -0.25) is 9.98 Å². The van der Waals surface area contributed by atoms with Crippen molar-refractivity contribution in [3.8, 4) is 0 Å². The third kappa shape index (κ3) is 2.31. The number of alkyl halides is 3. The normalized spacial score (nSPS) is 13.1. The molecule has 0 aliphatic heterocycles. The van der Waals surface area contributed by atoms with Crippen LogP contribution in [-0.4, -0.2) is 17.7 Å². The summed E-state index contributed by atoms with van der Waals surface area (Å²) in [6.45, 7) is 1.69. The minimum absolute atomic E-state index is 0.459. The van der Waals surface area contributed by atoms with Gasteiger partial charge < -0.3 is 0 Å². The molecule has 1 rings (SSSR count). The van der Waals surface area contributed by atoms with E-state index in [0.29, 0.717) is 11.4 Å². The number of rotatable bonds is 1. The molecule has 0 bridgehead atoms. The van der Waals surface area contributed by atoms with Crippen LogP contribution in [0.4, 0.5) is 13.2 Å². The molecule has 0 amide bonds. The lowest BCUT2D eigenvalue weighted by atomic mass is 10.2. The van der Waals surface area contributed by atoms with E-state index in [1.807, 2.05) is 0 Å². The van der Waals surface area contributed by atoms with E-state index in [0.717, 1.165) is 12.3 Å². The van der Waals surface area contributed by atoms with Gasteiger partial charge in [-0.2, -0.15) is 13.2 Å². The van der Waals surface area contributed by atoms with Gasteiger partial charge in [0.1, 0.15) is 0 Å². The molecule has 1 aromatic heterocycles. The van der Waals surface area contributed by atoms with Crippen LogP contribution in [0.3, 0.4) is 0 Å². The van der Waals surface area contributed by atoms with E-state index in [2.05, 4.69) is 9.98 Å². The van der Waals surface area contributed by atoms with Crippen LogP contribution in [0.1, 0.15) is 18.2 Å². The van der Waals surface area contributed by atoms with Crippen molar-refractivity contribution in [2.24, 2.45) is 4.99 Å². The Hall–Kier alpha value is -1.39. The van der Waals surface area contributed by atoms with Crippen LogP contribution < -0.4 is 0 Å². The first kappa shape index (κ1) is 10.7. The van der Waals surface area contributed by atoms with Gasteiger partial charge >= 0.3 is 6.18 Å². The largest absolute Gasteiger partial charge is 0.417 e. The smallest absolute Gasteiger partial charge is 0.291 e. The Balaban J connectivity index is 3.01. The Morgan fingerprint density at radius 3 is 2.36 bits per heavy atom. The average Bonchev–Trinajstić information content (AvgIpc) is 2.15. The molecular weight excluding hydrogens is 193 g/mol. The van der Waals surface area contributed by atoms with E-state index in [-0.39, 0.29) is 0 Å². The fourth-order valence-corrected chi connectivity index (χ4v) is 0.890. The summed E-state index contributed by atoms with van der Waals surface area (Å²) >= 11 is 0. The summed E-state index contributed by atoms with van der Waals surface area (Å²) in [5, 5.41) is 0. The van der Waals surface area contributed by atoms with Gasteiger partial charge in [0.2, 0.25) is 0 Å². The Morgan fingerprint density at radius 1 is 1.36 bits per heavy atom. The van der Waals surface area contributed by atoms with Crippen molar-refractivity contribution in [1.82, 2.24) is 4.98 Å². The maximum Gasteiger partial charge on any atom is 0.417 e. The Bertz CT molecular complexity index is 338. The molecule has 0 saturated carbocycles. The van der Waals surface area contributed by atoms with E-state index in [1.165, 1.54) is 6.07 Å². The summed E-state index contributed by atoms with van der Waals surface area (Å²) in [5.74, 6) is 0. The van der Waals surface area contributed by atoms with Crippen LogP contribution in [0.25, 0.3) is 0 Å². The fraction of sp³-hybridized carbons (Fsp3) is 0.333. The van der Waals surface area contributed by atoms with Crippen molar-refractivity contribution >= 4 is 5.71 Å². The summed E-state index contributed by atoms with van der Waals surface area (Å²) in [7, 11) is 1.56. The summed E-state index contributed by atoms with van der Waals surface area (Å²) in [6.07, 6.45) is -3.52. The first-order chi connectivity index (χ1) is 6.45. The first-order valence-electron chi connectivity index (χ1n) is 3.92. The topological polar surface area (TPSA) is 25.2 Å². The van der Waals surface area contributed by atoms with E-state index in [9.17, 15) is 13.2 Å². The van der Waals surface area contributed by atoms with Gasteiger partial charge in [0.25, 0.3) is 0 Å². The molecule has 0 radical (unpaired) electrons. The van der Waals surface area contributed by atoms with Gasteiger partial charge in [0.05, 0.1) is 17.0 Å². The lowest BCUT2D eigenvalue weighted by Crippen LogP contribution is -2.07. The monoisotopic (exact) mass is 202 g/mol. The Morgan fingerprint density at radius 2 is 2.00 bits per heavy atom. The first-order valence-corrected chi connectivity index (χ1v) is 3.92. The van der Waals surface area contributed by atoms with E-state index in [4.69, 9.17) is 0 Å². The van der Waals surface area contributed by atoms with Crippen LogP contribution in [0.15, 0.2) is 23.3 Å². The third-order valence-electron chi connectivity index (χ3n) is 1.80. The Labute approximate surface area is 79.5 Å². The van der Waals surface area contributed by atoms with Gasteiger partial charge in [-0.1, -0.05) is 0 Å². The standard InChI is InChI=1S/C9H9F3N2/c1-6(13-2)8-4-3-7(5-14-8)9(10,11)12/h3-5H,1-2H3. The van der Waals surface area contributed by atoms with Crippen molar-refractivity contribution in [3.63, 3.8) is 0 Å². The molecule has 0 aromatic carbocycles. The zero-order valence-corrected chi connectivity index (χ0v) is 7.76. The molecule has 1 aromatic rings. The molecule has 14 heavy (non-hydrogen) atoms. The zero-order chi connectivity index (χ0) is 10.8. The zero-order valence-electron chi connectivity index (χ0n) is 7.76. The van der Waals surface area contributed by atoms with Crippen molar-refractivity contribution in [2.45, 2.75) is 13.1 Å². The second-order valence-corrected chi connectivity index (χ2v) is 2.74. The van der Waals surface area contributed by atoms with Crippen molar-refractivity contribution in [2.75, 3.05) is 7.05 Å². The predicted octanol–water partition coefficient (Wildman–Crippen LogP) is 2.54. The molecule has 0 saturated heterocycles. The minimum atomic E-state index is -4.33. The maximum atomic E-state index is 12.1. The van der Waals surface area contributed by atoms with Gasteiger partial charge in [0.15, 0.2) is 0 Å². The highest BCUT2D eigenvalue weighted by molar-refractivity contribution is 5.96. The summed E-state index contributed by atoms with van der Waals surface area (Å²) in [6, 6.07) is 2.31. The molecule has 0 unspecified atom stereocenters. The molecule has 5 heteroatoms. The highest BCUT2D eigenvalue weighted by Gasteiger charge is 2.30. The van der Waals surface area contributed by atoms with Crippen LogP contribution in [0, 0.1) is 0 Å². The van der Waals surface area contributed by atoms with Crippen LogP contribution in [-0.2, 0) is 6.18 Å². The van der Waals surface area contributed by atoms with Crippen molar-refractivity contribution < 1.29 is 13.2 Å². The summed E-state index contributed by atoms with van der Waals surface area (Å²) in [5.41, 5.74) is 0.323. The molecule has 1 heterocycles. The molecule has 0 fully saturated rings. The third-order valence-corrected chi connectivity index (χ3v) is 1.80. The molecule has 0 N–H and O–H groups in total. The molecular formula is C9H9F3N2. The number of aromatic nitrogens is 1. The fourth-order valence-electron chi connectivity index (χ4n) is 0.890. The second kappa shape index (κ2) is 3.77. The van der Waals surface area contributed by atoms with Gasteiger partial charge in [-0.15, -0.1) is 0 Å². The molecule has 0 atom stereocenters. The molecule has 0 aliphatic rings. The number of hydrogen-bond acceptors (Lipinski definition) is 2. The number of pyridine rings is 1. The van der Waals surface area contributed by atoms with Gasteiger partial charge in [-0.05, 0) is 19.1 Å². The SMILES string of the molecule is CN=C(C)c1ccc(C(F)(F)F)cn1. The molecule has 2 nitrogen and oxygen atoms in total. The second-order valence-electron chi connectivity index (χ2n) is 2.74. The van der Waals surface area contributed by atoms with Crippen molar-refractivity contribution in [3.05, 3.63) is 29.6 Å². The highest BCUT2D eigenvalue weighted by atomic mass is 19.4. The lowest BCUT2D eigenvalue weighted by molar-refractivity contribution is -0.137. The van der Waals surface area contributed by atoms with Gasteiger partial charge in [-0.25, -0.2) is 0 Å². The van der Waals surface area contributed by atoms with E-state index >= 15 is 0 Å². The lowest BCUT2D eigenvalue weighted by Gasteiger charge is -2.06. The van der Waals surface area contributed by atoms with Crippen LogP contribution in [0.5, 0.6) is 0 Å². The maximum absolute atomic E-state index is 12.1. The van der Waals surface area contributed by atoms with E-state index < -0.39 is 11.7 Å². The number of halogens is 3. The predicted molar refractivity (Wildman–Crippen MR) is 47.4 cm³/mol. The van der Waals surface area contributed by atoms with E-state index in [1.54, 1.807) is 14.0 Å². The Kier molecular flexibility index (Phi) is 2.88. The van der Waals surface area contributed by atoms with Gasteiger partial charge in [0, 0.05) is 13.2 Å². The highest BCUT2D eigenvalue weighted by Crippen LogP contribution is 2.28. The average molecular weight is 202 g/mol. The molecule has 0 spiro atoms.